The SMILES string of the molecule is C#CCCC1(O)CC(C)CCC1C. The van der Waals surface area contributed by atoms with Gasteiger partial charge in [-0.05, 0) is 31.1 Å². The minimum absolute atomic E-state index is 0.414. The Morgan fingerprint density at radius 3 is 2.77 bits per heavy atom. The van der Waals surface area contributed by atoms with Crippen molar-refractivity contribution >= 4 is 0 Å². The van der Waals surface area contributed by atoms with Crippen LogP contribution in [-0.2, 0) is 0 Å². The molecule has 3 atom stereocenters. The molecule has 1 saturated carbocycles. The van der Waals surface area contributed by atoms with E-state index in [0.717, 1.165) is 19.3 Å². The first-order chi connectivity index (χ1) is 6.08. The van der Waals surface area contributed by atoms with Gasteiger partial charge in [0, 0.05) is 6.42 Å². The first-order valence-electron chi connectivity index (χ1n) is 5.24. The molecule has 0 aromatic heterocycles. The molecule has 1 N–H and O–H groups in total. The normalized spacial score (nSPS) is 39.8. The van der Waals surface area contributed by atoms with Crippen LogP contribution in [0, 0.1) is 24.2 Å². The molecule has 0 aromatic carbocycles. The van der Waals surface area contributed by atoms with E-state index >= 15 is 0 Å². The topological polar surface area (TPSA) is 20.2 Å². The summed E-state index contributed by atoms with van der Waals surface area (Å²) < 4.78 is 0. The number of hydrogen-bond acceptors (Lipinski definition) is 1. The second-order valence-electron chi connectivity index (χ2n) is 4.60. The molecule has 0 aromatic rings. The molecule has 3 unspecified atom stereocenters. The number of terminal acetylenes is 1. The monoisotopic (exact) mass is 180 g/mol. The van der Waals surface area contributed by atoms with Crippen LogP contribution in [0.25, 0.3) is 0 Å². The van der Waals surface area contributed by atoms with E-state index in [1.54, 1.807) is 0 Å². The fourth-order valence-electron chi connectivity index (χ4n) is 2.35. The summed E-state index contributed by atoms with van der Waals surface area (Å²) in [7, 11) is 0. The van der Waals surface area contributed by atoms with Crippen LogP contribution in [0.5, 0.6) is 0 Å². The summed E-state index contributed by atoms with van der Waals surface area (Å²) in [5.41, 5.74) is -0.482. The molecular formula is C12H20O. The summed E-state index contributed by atoms with van der Waals surface area (Å²) in [5.74, 6) is 3.68. The van der Waals surface area contributed by atoms with Crippen LogP contribution in [0.15, 0.2) is 0 Å². The summed E-state index contributed by atoms with van der Waals surface area (Å²) in [6, 6.07) is 0. The average molecular weight is 180 g/mol. The highest BCUT2D eigenvalue weighted by Gasteiger charge is 2.37. The molecule has 13 heavy (non-hydrogen) atoms. The number of hydrogen-bond donors (Lipinski definition) is 1. The highest BCUT2D eigenvalue weighted by molar-refractivity contribution is 4.94. The van der Waals surface area contributed by atoms with Crippen molar-refractivity contribution in [3.8, 4) is 12.3 Å². The van der Waals surface area contributed by atoms with Gasteiger partial charge in [-0.15, -0.1) is 12.3 Å². The van der Waals surface area contributed by atoms with Gasteiger partial charge in [0.15, 0.2) is 0 Å². The van der Waals surface area contributed by atoms with E-state index in [9.17, 15) is 5.11 Å². The second kappa shape index (κ2) is 4.15. The van der Waals surface area contributed by atoms with Crippen LogP contribution in [0.1, 0.15) is 46.0 Å². The second-order valence-corrected chi connectivity index (χ2v) is 4.60. The highest BCUT2D eigenvalue weighted by Crippen LogP contribution is 2.39. The fraction of sp³-hybridized carbons (Fsp3) is 0.833. The standard InChI is InChI=1S/C12H20O/c1-4-5-8-12(13)9-10(2)6-7-11(12)3/h1,10-11,13H,5-9H2,2-3H3. The van der Waals surface area contributed by atoms with E-state index in [4.69, 9.17) is 6.42 Å². The van der Waals surface area contributed by atoms with Gasteiger partial charge >= 0.3 is 0 Å². The quantitative estimate of drug-likeness (QED) is 0.648. The van der Waals surface area contributed by atoms with Crippen LogP contribution in [-0.4, -0.2) is 10.7 Å². The van der Waals surface area contributed by atoms with Crippen LogP contribution in [0.4, 0.5) is 0 Å². The summed E-state index contributed by atoms with van der Waals surface area (Å²) >= 11 is 0. The molecule has 0 bridgehead atoms. The molecule has 74 valence electrons. The molecule has 0 radical (unpaired) electrons. The Labute approximate surface area is 81.5 Å². The molecule has 1 heteroatoms. The Kier molecular flexibility index (Phi) is 3.39. The van der Waals surface area contributed by atoms with Crippen molar-refractivity contribution in [2.75, 3.05) is 0 Å². The predicted octanol–water partition coefficient (Wildman–Crippen LogP) is 2.59. The van der Waals surface area contributed by atoms with E-state index < -0.39 is 5.60 Å². The molecule has 1 aliphatic carbocycles. The molecule has 0 amide bonds. The van der Waals surface area contributed by atoms with Crippen molar-refractivity contribution in [3.63, 3.8) is 0 Å². The van der Waals surface area contributed by atoms with E-state index in [1.165, 1.54) is 6.42 Å². The Balaban J connectivity index is 2.57. The lowest BCUT2D eigenvalue weighted by Crippen LogP contribution is -2.41. The zero-order valence-electron chi connectivity index (χ0n) is 8.71. The minimum atomic E-state index is -0.482. The van der Waals surface area contributed by atoms with Crippen LogP contribution in [0.2, 0.25) is 0 Å². The maximum absolute atomic E-state index is 10.3. The molecule has 1 nitrogen and oxygen atoms in total. The lowest BCUT2D eigenvalue weighted by Gasteiger charge is -2.40. The van der Waals surface area contributed by atoms with Crippen molar-refractivity contribution in [2.24, 2.45) is 11.8 Å². The van der Waals surface area contributed by atoms with Crippen LogP contribution < -0.4 is 0 Å². The summed E-state index contributed by atoms with van der Waals surface area (Å²) in [4.78, 5) is 0. The van der Waals surface area contributed by atoms with Crippen molar-refractivity contribution in [3.05, 3.63) is 0 Å². The molecule has 0 spiro atoms. The van der Waals surface area contributed by atoms with Crippen LogP contribution in [0.3, 0.4) is 0 Å². The average Bonchev–Trinajstić information content (AvgIpc) is 2.09. The van der Waals surface area contributed by atoms with Gasteiger partial charge in [0.2, 0.25) is 0 Å². The zero-order valence-corrected chi connectivity index (χ0v) is 8.71. The van der Waals surface area contributed by atoms with E-state index in [-0.39, 0.29) is 0 Å². The number of rotatable bonds is 2. The third-order valence-electron chi connectivity index (χ3n) is 3.41. The maximum atomic E-state index is 10.3. The Hall–Kier alpha value is -0.480. The van der Waals surface area contributed by atoms with Gasteiger partial charge in [0.05, 0.1) is 5.60 Å². The van der Waals surface area contributed by atoms with Crippen molar-refractivity contribution in [2.45, 2.75) is 51.6 Å². The van der Waals surface area contributed by atoms with Crippen molar-refractivity contribution in [1.82, 2.24) is 0 Å². The third kappa shape index (κ3) is 2.48. The van der Waals surface area contributed by atoms with Gasteiger partial charge in [0.25, 0.3) is 0 Å². The Morgan fingerprint density at radius 2 is 2.15 bits per heavy atom. The first kappa shape index (κ1) is 10.6. The molecule has 0 heterocycles. The first-order valence-corrected chi connectivity index (χ1v) is 5.24. The van der Waals surface area contributed by atoms with Crippen molar-refractivity contribution < 1.29 is 5.11 Å². The highest BCUT2D eigenvalue weighted by atomic mass is 16.3. The van der Waals surface area contributed by atoms with E-state index in [2.05, 4.69) is 19.8 Å². The van der Waals surface area contributed by atoms with Gasteiger partial charge < -0.3 is 5.11 Å². The van der Waals surface area contributed by atoms with E-state index in [0.29, 0.717) is 18.3 Å². The lowest BCUT2D eigenvalue weighted by molar-refractivity contribution is -0.0617. The minimum Gasteiger partial charge on any atom is -0.390 e. The maximum Gasteiger partial charge on any atom is 0.0684 e. The van der Waals surface area contributed by atoms with E-state index in [1.807, 2.05) is 0 Å². The Morgan fingerprint density at radius 1 is 1.46 bits per heavy atom. The summed E-state index contributed by atoms with van der Waals surface area (Å²) in [6.07, 6.45) is 10.0. The number of aliphatic hydroxyl groups is 1. The summed E-state index contributed by atoms with van der Waals surface area (Å²) in [5, 5.41) is 10.3. The molecule has 0 saturated heterocycles. The van der Waals surface area contributed by atoms with Gasteiger partial charge in [-0.2, -0.15) is 0 Å². The molecule has 1 fully saturated rings. The third-order valence-corrected chi connectivity index (χ3v) is 3.41. The fourth-order valence-corrected chi connectivity index (χ4v) is 2.35. The van der Waals surface area contributed by atoms with Crippen LogP contribution >= 0.6 is 0 Å². The lowest BCUT2D eigenvalue weighted by atomic mass is 9.70. The molecular weight excluding hydrogens is 160 g/mol. The van der Waals surface area contributed by atoms with Gasteiger partial charge in [-0.25, -0.2) is 0 Å². The predicted molar refractivity (Wildman–Crippen MR) is 55.2 cm³/mol. The molecule has 0 aliphatic heterocycles. The molecule has 1 aliphatic rings. The van der Waals surface area contributed by atoms with Gasteiger partial charge in [-0.3, -0.25) is 0 Å². The van der Waals surface area contributed by atoms with Gasteiger partial charge in [-0.1, -0.05) is 20.3 Å². The summed E-state index contributed by atoms with van der Waals surface area (Å²) in [6.45, 7) is 4.36. The largest absolute Gasteiger partial charge is 0.390 e. The van der Waals surface area contributed by atoms with Crippen molar-refractivity contribution in [1.29, 1.82) is 0 Å². The molecule has 1 rings (SSSR count). The zero-order chi connectivity index (χ0) is 9.90. The van der Waals surface area contributed by atoms with Gasteiger partial charge in [0.1, 0.15) is 0 Å². The Bertz CT molecular complexity index is 204. The smallest absolute Gasteiger partial charge is 0.0684 e.